The highest BCUT2D eigenvalue weighted by Crippen LogP contribution is 2.34. The van der Waals surface area contributed by atoms with Gasteiger partial charge in [-0.25, -0.2) is 4.39 Å². The zero-order valence-corrected chi connectivity index (χ0v) is 20.9. The second-order valence-electron chi connectivity index (χ2n) is 8.15. The van der Waals surface area contributed by atoms with Gasteiger partial charge in [0.15, 0.2) is 11.5 Å². The molecule has 11 heteroatoms. The number of hydrogen-bond donors (Lipinski definition) is 5. The first-order chi connectivity index (χ1) is 17.7. The summed E-state index contributed by atoms with van der Waals surface area (Å²) in [7, 11) is 6.35. The fourth-order valence-electron chi connectivity index (χ4n) is 3.60. The van der Waals surface area contributed by atoms with E-state index >= 15 is 4.39 Å². The predicted octanol–water partition coefficient (Wildman–Crippen LogP) is 2.81. The van der Waals surface area contributed by atoms with Gasteiger partial charge in [-0.3, -0.25) is 25.8 Å². The van der Waals surface area contributed by atoms with E-state index in [2.05, 4.69) is 16.2 Å². The van der Waals surface area contributed by atoms with Gasteiger partial charge in [0.05, 0.1) is 19.8 Å². The van der Waals surface area contributed by atoms with Crippen LogP contribution in [0.3, 0.4) is 0 Å². The van der Waals surface area contributed by atoms with E-state index in [0.29, 0.717) is 22.5 Å². The van der Waals surface area contributed by atoms with Gasteiger partial charge in [-0.1, -0.05) is 12.1 Å². The number of nitrogens with one attached hydrogen (secondary N) is 4. The number of nitrogen functional groups attached to an aromatic ring is 1. The minimum Gasteiger partial charge on any atom is -0.493 e. The van der Waals surface area contributed by atoms with Gasteiger partial charge in [0, 0.05) is 42.7 Å². The second-order valence-corrected chi connectivity index (χ2v) is 8.15. The minimum atomic E-state index is -1.28. The van der Waals surface area contributed by atoms with Crippen LogP contribution < -0.4 is 36.3 Å². The van der Waals surface area contributed by atoms with Gasteiger partial charge in [-0.05, 0) is 42.5 Å². The average molecular weight is 509 g/mol. The molecule has 37 heavy (non-hydrogen) atoms. The summed E-state index contributed by atoms with van der Waals surface area (Å²) in [4.78, 5) is 27.9. The van der Waals surface area contributed by atoms with Crippen LogP contribution in [0.2, 0.25) is 0 Å². The van der Waals surface area contributed by atoms with Crippen molar-refractivity contribution in [3.8, 4) is 11.5 Å². The maximum absolute atomic E-state index is 15.1. The Balaban J connectivity index is 1.92. The van der Waals surface area contributed by atoms with Crippen LogP contribution in [-0.2, 0) is 4.79 Å². The molecule has 3 aromatic carbocycles. The number of amidine groups is 1. The third-order valence-corrected chi connectivity index (χ3v) is 5.51. The number of nitrogens with zero attached hydrogens (tertiary/aromatic N) is 1. The molecule has 1 atom stereocenters. The first kappa shape index (κ1) is 26.8. The third kappa shape index (κ3) is 6.26. The van der Waals surface area contributed by atoms with E-state index in [4.69, 9.17) is 20.6 Å². The maximum atomic E-state index is 15.1. The van der Waals surface area contributed by atoms with Crippen LogP contribution in [0.4, 0.5) is 15.8 Å². The summed E-state index contributed by atoms with van der Waals surface area (Å²) in [5, 5.41) is 10.5. The van der Waals surface area contributed by atoms with E-state index in [1.165, 1.54) is 20.3 Å². The Morgan fingerprint density at radius 1 is 0.973 bits per heavy atom. The molecule has 3 rings (SSSR count). The molecule has 1 unspecified atom stereocenters. The van der Waals surface area contributed by atoms with Crippen LogP contribution in [0.15, 0.2) is 60.7 Å². The molecule has 0 radical (unpaired) electrons. The number of amides is 2. The number of carbonyl (C=O) groups excluding carboxylic acids is 2. The fourth-order valence-corrected chi connectivity index (χ4v) is 3.60. The molecule has 194 valence electrons. The minimum absolute atomic E-state index is 0.0475. The monoisotopic (exact) mass is 508 g/mol. The quantitative estimate of drug-likeness (QED) is 0.170. The number of carbonyl (C=O) groups is 2. The lowest BCUT2D eigenvalue weighted by Crippen LogP contribution is -2.46. The topological polar surface area (TPSA) is 142 Å². The standard InChI is InChI=1S/C26H29FN6O4/c1-33(2)20-8-6-5-7-17(20)25(34)31-32-26(35)23(30-16-11-9-15(10-12-16)24(28)29)18-13-21(36-3)22(37-4)14-19(18)27/h5-14,23,30H,1-4H3,(H3,28,29)(H,31,34)(H,32,35). The van der Waals surface area contributed by atoms with E-state index in [1.54, 1.807) is 67.5 Å². The summed E-state index contributed by atoms with van der Waals surface area (Å²) in [6.07, 6.45) is 0. The van der Waals surface area contributed by atoms with Crippen molar-refractivity contribution in [3.05, 3.63) is 83.2 Å². The SMILES string of the molecule is COc1cc(F)c(C(Nc2ccc(C(=N)N)cc2)C(=O)NNC(=O)c2ccccc2N(C)C)cc1OC. The van der Waals surface area contributed by atoms with Crippen LogP contribution in [-0.4, -0.2) is 46.0 Å². The molecule has 0 saturated heterocycles. The Bertz CT molecular complexity index is 1300. The fraction of sp³-hybridized carbons (Fsp3) is 0.192. The summed E-state index contributed by atoms with van der Waals surface area (Å²) >= 11 is 0. The van der Waals surface area contributed by atoms with E-state index in [-0.39, 0.29) is 22.9 Å². The molecule has 0 spiro atoms. The number of methoxy groups -OCH3 is 2. The molecule has 0 aliphatic carbocycles. The molecule has 0 fully saturated rings. The van der Waals surface area contributed by atoms with Crippen molar-refractivity contribution in [1.29, 1.82) is 5.41 Å². The summed E-state index contributed by atoms with van der Waals surface area (Å²) in [5.41, 5.74) is 12.2. The molecule has 0 bridgehead atoms. The summed E-state index contributed by atoms with van der Waals surface area (Å²) in [5.74, 6) is -1.76. The number of benzene rings is 3. The zero-order chi connectivity index (χ0) is 27.1. The van der Waals surface area contributed by atoms with Gasteiger partial charge in [0.1, 0.15) is 17.7 Å². The van der Waals surface area contributed by atoms with Crippen molar-refractivity contribution in [2.75, 3.05) is 38.5 Å². The molecular formula is C26H29FN6O4. The van der Waals surface area contributed by atoms with Crippen molar-refractivity contribution in [2.24, 2.45) is 5.73 Å². The van der Waals surface area contributed by atoms with Crippen LogP contribution in [0, 0.1) is 11.2 Å². The molecule has 10 nitrogen and oxygen atoms in total. The Labute approximate surface area is 214 Å². The molecule has 6 N–H and O–H groups in total. The first-order valence-corrected chi connectivity index (χ1v) is 11.1. The lowest BCUT2D eigenvalue weighted by Gasteiger charge is -2.22. The number of anilines is 2. The smallest absolute Gasteiger partial charge is 0.271 e. The van der Waals surface area contributed by atoms with Crippen LogP contribution in [0.5, 0.6) is 11.5 Å². The highest BCUT2D eigenvalue weighted by atomic mass is 19.1. The Morgan fingerprint density at radius 3 is 2.19 bits per heavy atom. The highest BCUT2D eigenvalue weighted by Gasteiger charge is 2.27. The number of para-hydroxylation sites is 1. The van der Waals surface area contributed by atoms with Crippen molar-refractivity contribution in [1.82, 2.24) is 10.9 Å². The van der Waals surface area contributed by atoms with Crippen LogP contribution >= 0.6 is 0 Å². The van der Waals surface area contributed by atoms with Crippen LogP contribution in [0.1, 0.15) is 27.5 Å². The second kappa shape index (κ2) is 11.8. The molecular weight excluding hydrogens is 479 g/mol. The van der Waals surface area contributed by atoms with Gasteiger partial charge in [-0.15, -0.1) is 0 Å². The van der Waals surface area contributed by atoms with E-state index < -0.39 is 23.7 Å². The number of nitrogens with two attached hydrogens (primary N) is 1. The van der Waals surface area contributed by atoms with Gasteiger partial charge in [-0.2, -0.15) is 0 Å². The number of ether oxygens (including phenoxy) is 2. The van der Waals surface area contributed by atoms with E-state index in [1.807, 2.05) is 0 Å². The van der Waals surface area contributed by atoms with Gasteiger partial charge >= 0.3 is 0 Å². The average Bonchev–Trinajstić information content (AvgIpc) is 2.90. The van der Waals surface area contributed by atoms with E-state index in [0.717, 1.165) is 6.07 Å². The predicted molar refractivity (Wildman–Crippen MR) is 140 cm³/mol. The molecule has 2 amide bonds. The molecule has 0 aliphatic heterocycles. The lowest BCUT2D eigenvalue weighted by atomic mass is 10.0. The number of hydrogen-bond acceptors (Lipinski definition) is 7. The van der Waals surface area contributed by atoms with Gasteiger partial charge in [0.25, 0.3) is 11.8 Å². The lowest BCUT2D eigenvalue weighted by molar-refractivity contribution is -0.122. The Morgan fingerprint density at radius 2 is 1.59 bits per heavy atom. The number of hydrazine groups is 1. The largest absolute Gasteiger partial charge is 0.493 e. The molecule has 0 saturated carbocycles. The van der Waals surface area contributed by atoms with Crippen molar-refractivity contribution in [3.63, 3.8) is 0 Å². The molecule has 3 aromatic rings. The Kier molecular flexibility index (Phi) is 8.51. The maximum Gasteiger partial charge on any atom is 0.271 e. The Hall–Kier alpha value is -4.80. The summed E-state index contributed by atoms with van der Waals surface area (Å²) in [6, 6.07) is 14.4. The van der Waals surface area contributed by atoms with Crippen molar-refractivity contribution >= 4 is 29.0 Å². The first-order valence-electron chi connectivity index (χ1n) is 11.1. The van der Waals surface area contributed by atoms with Gasteiger partial charge < -0.3 is 25.4 Å². The third-order valence-electron chi connectivity index (χ3n) is 5.51. The van der Waals surface area contributed by atoms with Crippen molar-refractivity contribution < 1.29 is 23.5 Å². The molecule has 0 aliphatic rings. The van der Waals surface area contributed by atoms with Crippen molar-refractivity contribution in [2.45, 2.75) is 6.04 Å². The molecule has 0 aromatic heterocycles. The number of halogens is 1. The highest BCUT2D eigenvalue weighted by molar-refractivity contribution is 6.01. The summed E-state index contributed by atoms with van der Waals surface area (Å²) < 4.78 is 25.6. The van der Waals surface area contributed by atoms with Gasteiger partial charge in [0.2, 0.25) is 0 Å². The zero-order valence-electron chi connectivity index (χ0n) is 20.9. The number of rotatable bonds is 9. The van der Waals surface area contributed by atoms with Crippen LogP contribution in [0.25, 0.3) is 0 Å². The van der Waals surface area contributed by atoms with E-state index in [9.17, 15) is 9.59 Å². The normalized spacial score (nSPS) is 11.2. The summed E-state index contributed by atoms with van der Waals surface area (Å²) in [6.45, 7) is 0. The molecule has 0 heterocycles.